The molecule has 0 saturated heterocycles. The molecule has 0 atom stereocenters. The summed E-state index contributed by atoms with van der Waals surface area (Å²) in [5, 5.41) is 19.9. The van der Waals surface area contributed by atoms with Crippen LogP contribution in [-0.4, -0.2) is 14.3 Å². The van der Waals surface area contributed by atoms with Crippen LogP contribution in [0.2, 0.25) is 0 Å². The Morgan fingerprint density at radius 1 is 1.20 bits per heavy atom. The number of nitriles is 1. The minimum Gasteiger partial charge on any atom is -0.291 e. The molecule has 0 radical (unpaired) electrons. The highest BCUT2D eigenvalue weighted by Gasteiger charge is 2.14. The van der Waals surface area contributed by atoms with E-state index in [0.29, 0.717) is 22.6 Å². The summed E-state index contributed by atoms with van der Waals surface area (Å²) in [5.74, 6) is 0. The van der Waals surface area contributed by atoms with Gasteiger partial charge in [0.15, 0.2) is 5.69 Å². The first-order valence-corrected chi connectivity index (χ1v) is 5.83. The number of nitro groups is 1. The van der Waals surface area contributed by atoms with E-state index >= 15 is 0 Å². The fraction of sp³-hybridized carbons (Fsp3) is 0. The van der Waals surface area contributed by atoms with Gasteiger partial charge in [0.25, 0.3) is 5.69 Å². The number of hydrogen-bond donors (Lipinski definition) is 0. The second-order valence-electron chi connectivity index (χ2n) is 4.15. The molecule has 0 bridgehead atoms. The van der Waals surface area contributed by atoms with Crippen molar-refractivity contribution in [1.29, 1.82) is 5.26 Å². The number of hydrogen-bond acceptors (Lipinski definition) is 4. The van der Waals surface area contributed by atoms with Crippen molar-refractivity contribution in [2.75, 3.05) is 0 Å². The summed E-state index contributed by atoms with van der Waals surface area (Å²) in [4.78, 5) is 14.6. The summed E-state index contributed by atoms with van der Waals surface area (Å²) in [5.41, 5.74) is 2.28. The largest absolute Gasteiger partial charge is 0.291 e. The van der Waals surface area contributed by atoms with Gasteiger partial charge >= 0.3 is 0 Å². The van der Waals surface area contributed by atoms with Crippen LogP contribution < -0.4 is 0 Å². The number of non-ortho nitro benzene ring substituents is 1. The number of aromatic nitrogens is 2. The number of imidazole rings is 1. The van der Waals surface area contributed by atoms with Gasteiger partial charge in [0.1, 0.15) is 17.4 Å². The predicted molar refractivity (Wildman–Crippen MR) is 72.0 cm³/mol. The van der Waals surface area contributed by atoms with Crippen LogP contribution >= 0.6 is 0 Å². The van der Waals surface area contributed by atoms with Crippen LogP contribution in [0.1, 0.15) is 5.69 Å². The summed E-state index contributed by atoms with van der Waals surface area (Å²) in [6, 6.07) is 13.6. The highest BCUT2D eigenvalue weighted by Crippen LogP contribution is 2.25. The zero-order valence-corrected chi connectivity index (χ0v) is 10.2. The van der Waals surface area contributed by atoms with Gasteiger partial charge in [-0.3, -0.25) is 14.5 Å². The van der Waals surface area contributed by atoms with Crippen molar-refractivity contribution in [2.24, 2.45) is 0 Å². The van der Waals surface area contributed by atoms with E-state index in [1.165, 1.54) is 12.1 Å². The average Bonchev–Trinajstić information content (AvgIpc) is 2.85. The Labute approximate surface area is 113 Å². The SMILES string of the molecule is N#Cc1c(-c2ccc([N+](=O)[O-])cc2)nc2ccccn12. The first-order valence-electron chi connectivity index (χ1n) is 5.83. The molecular formula is C14H8N4O2. The maximum Gasteiger partial charge on any atom is 0.269 e. The quantitative estimate of drug-likeness (QED) is 0.526. The van der Waals surface area contributed by atoms with Crippen LogP contribution in [0.5, 0.6) is 0 Å². The molecule has 96 valence electrons. The minimum atomic E-state index is -0.460. The molecule has 20 heavy (non-hydrogen) atoms. The van der Waals surface area contributed by atoms with Crippen molar-refractivity contribution in [3.63, 3.8) is 0 Å². The Kier molecular flexibility index (Phi) is 2.66. The zero-order chi connectivity index (χ0) is 14.1. The number of benzene rings is 1. The van der Waals surface area contributed by atoms with Gasteiger partial charge in [-0.2, -0.15) is 5.26 Å². The van der Waals surface area contributed by atoms with E-state index < -0.39 is 4.92 Å². The third-order valence-corrected chi connectivity index (χ3v) is 2.99. The fourth-order valence-electron chi connectivity index (χ4n) is 2.04. The van der Waals surface area contributed by atoms with Crippen LogP contribution in [-0.2, 0) is 0 Å². The van der Waals surface area contributed by atoms with E-state index in [0.717, 1.165) is 0 Å². The maximum atomic E-state index is 10.6. The van der Waals surface area contributed by atoms with Crippen LogP contribution in [0.3, 0.4) is 0 Å². The van der Waals surface area contributed by atoms with Crippen molar-refractivity contribution >= 4 is 11.3 Å². The first-order chi connectivity index (χ1) is 9.70. The molecule has 0 N–H and O–H groups in total. The third-order valence-electron chi connectivity index (χ3n) is 2.99. The topological polar surface area (TPSA) is 84.2 Å². The Morgan fingerprint density at radius 2 is 1.95 bits per heavy atom. The molecule has 6 nitrogen and oxygen atoms in total. The Morgan fingerprint density at radius 3 is 2.60 bits per heavy atom. The van der Waals surface area contributed by atoms with Crippen molar-refractivity contribution in [3.05, 3.63) is 64.5 Å². The van der Waals surface area contributed by atoms with Gasteiger partial charge in [-0.1, -0.05) is 6.07 Å². The lowest BCUT2D eigenvalue weighted by Crippen LogP contribution is -1.89. The molecule has 0 aliphatic carbocycles. The average molecular weight is 264 g/mol. The monoisotopic (exact) mass is 264 g/mol. The van der Waals surface area contributed by atoms with Gasteiger partial charge in [-0.15, -0.1) is 0 Å². The predicted octanol–water partition coefficient (Wildman–Crippen LogP) is 2.78. The first kappa shape index (κ1) is 11.9. The van der Waals surface area contributed by atoms with Crippen LogP contribution in [0.4, 0.5) is 5.69 Å². The number of pyridine rings is 1. The van der Waals surface area contributed by atoms with Gasteiger partial charge in [-0.25, -0.2) is 4.98 Å². The number of nitro benzene ring substituents is 1. The van der Waals surface area contributed by atoms with Crippen molar-refractivity contribution in [2.45, 2.75) is 0 Å². The summed E-state index contributed by atoms with van der Waals surface area (Å²) in [6.07, 6.45) is 1.76. The van der Waals surface area contributed by atoms with Gasteiger partial charge < -0.3 is 0 Å². The van der Waals surface area contributed by atoms with E-state index in [1.807, 2.05) is 12.1 Å². The Hall–Kier alpha value is -3.20. The number of fused-ring (bicyclic) bond motifs is 1. The molecule has 3 rings (SSSR count). The molecule has 0 spiro atoms. The van der Waals surface area contributed by atoms with Crippen molar-refractivity contribution in [3.8, 4) is 17.3 Å². The summed E-state index contributed by atoms with van der Waals surface area (Å²) in [6.45, 7) is 0. The van der Waals surface area contributed by atoms with Crippen LogP contribution in [0, 0.1) is 21.4 Å². The standard InChI is InChI=1S/C14H8N4O2/c15-9-12-14(16-13-3-1-2-8-17(12)13)10-4-6-11(7-5-10)18(19)20/h1-8H. The van der Waals surface area contributed by atoms with Crippen LogP contribution in [0.15, 0.2) is 48.7 Å². The second kappa shape index (κ2) is 4.48. The molecular weight excluding hydrogens is 256 g/mol. The minimum absolute atomic E-state index is 0.0102. The van der Waals surface area contributed by atoms with Gasteiger partial charge in [0, 0.05) is 23.9 Å². The summed E-state index contributed by atoms with van der Waals surface area (Å²) in [7, 11) is 0. The molecule has 0 aliphatic heterocycles. The Balaban J connectivity index is 2.19. The highest BCUT2D eigenvalue weighted by atomic mass is 16.6. The molecule has 0 unspecified atom stereocenters. The molecule has 0 aliphatic rings. The molecule has 0 saturated carbocycles. The van der Waals surface area contributed by atoms with Gasteiger partial charge in [0.2, 0.25) is 0 Å². The second-order valence-corrected chi connectivity index (χ2v) is 4.15. The van der Waals surface area contributed by atoms with E-state index in [-0.39, 0.29) is 5.69 Å². The fourth-order valence-corrected chi connectivity index (χ4v) is 2.04. The molecule has 2 aromatic heterocycles. The normalized spacial score (nSPS) is 10.3. The van der Waals surface area contributed by atoms with Crippen LogP contribution in [0.25, 0.3) is 16.9 Å². The van der Waals surface area contributed by atoms with E-state index in [2.05, 4.69) is 11.1 Å². The van der Waals surface area contributed by atoms with E-state index in [1.54, 1.807) is 28.8 Å². The van der Waals surface area contributed by atoms with Gasteiger partial charge in [-0.05, 0) is 24.3 Å². The lowest BCUT2D eigenvalue weighted by atomic mass is 10.1. The highest BCUT2D eigenvalue weighted by molar-refractivity contribution is 5.70. The molecule has 2 heterocycles. The molecule has 0 fully saturated rings. The lowest BCUT2D eigenvalue weighted by molar-refractivity contribution is -0.384. The smallest absolute Gasteiger partial charge is 0.269 e. The van der Waals surface area contributed by atoms with E-state index in [9.17, 15) is 15.4 Å². The van der Waals surface area contributed by atoms with Gasteiger partial charge in [0.05, 0.1) is 4.92 Å². The van der Waals surface area contributed by atoms with Crippen molar-refractivity contribution < 1.29 is 4.92 Å². The summed E-state index contributed by atoms with van der Waals surface area (Å²) >= 11 is 0. The van der Waals surface area contributed by atoms with Crippen molar-refractivity contribution in [1.82, 2.24) is 9.38 Å². The third kappa shape index (κ3) is 1.78. The summed E-state index contributed by atoms with van der Waals surface area (Å²) < 4.78 is 1.69. The lowest BCUT2D eigenvalue weighted by Gasteiger charge is -1.97. The zero-order valence-electron chi connectivity index (χ0n) is 10.2. The van der Waals surface area contributed by atoms with E-state index in [4.69, 9.17) is 0 Å². The maximum absolute atomic E-state index is 10.6. The number of nitrogens with zero attached hydrogens (tertiary/aromatic N) is 4. The molecule has 1 aromatic carbocycles. The number of rotatable bonds is 2. The molecule has 0 amide bonds. The molecule has 6 heteroatoms. The Bertz CT molecular complexity index is 844. The molecule has 3 aromatic rings.